The average Bonchev–Trinajstić information content (AvgIpc) is 2.03. The molecular formula is C8H12N2O. The Morgan fingerprint density at radius 2 is 2.09 bits per heavy atom. The SMILES string of the molecule is CNc1cc(N)cc(OC)c1. The lowest BCUT2D eigenvalue weighted by molar-refractivity contribution is 0.415. The van der Waals surface area contributed by atoms with Gasteiger partial charge in [-0.15, -0.1) is 0 Å². The minimum atomic E-state index is 0.703. The molecule has 1 rings (SSSR count). The molecule has 1 aromatic carbocycles. The lowest BCUT2D eigenvalue weighted by Crippen LogP contribution is -1.93. The zero-order valence-electron chi connectivity index (χ0n) is 6.72. The predicted octanol–water partition coefficient (Wildman–Crippen LogP) is 1.32. The number of ether oxygens (including phenoxy) is 1. The van der Waals surface area contributed by atoms with Crippen molar-refractivity contribution < 1.29 is 4.74 Å². The number of rotatable bonds is 2. The van der Waals surface area contributed by atoms with Crippen LogP contribution in [0.15, 0.2) is 18.2 Å². The maximum Gasteiger partial charge on any atom is 0.122 e. The van der Waals surface area contributed by atoms with E-state index in [1.54, 1.807) is 13.2 Å². The van der Waals surface area contributed by atoms with Crippen LogP contribution >= 0.6 is 0 Å². The quantitative estimate of drug-likeness (QED) is 0.628. The smallest absolute Gasteiger partial charge is 0.122 e. The van der Waals surface area contributed by atoms with Crippen LogP contribution in [0, 0.1) is 0 Å². The molecule has 0 aliphatic rings. The molecule has 0 amide bonds. The van der Waals surface area contributed by atoms with Gasteiger partial charge in [0, 0.05) is 30.6 Å². The standard InChI is InChI=1S/C8H12N2O/c1-10-7-3-6(9)4-8(5-7)11-2/h3-5,10H,9H2,1-2H3. The molecule has 0 aliphatic carbocycles. The number of hydrogen-bond acceptors (Lipinski definition) is 3. The topological polar surface area (TPSA) is 47.3 Å². The summed E-state index contributed by atoms with van der Waals surface area (Å²) >= 11 is 0. The van der Waals surface area contributed by atoms with E-state index in [1.165, 1.54) is 0 Å². The van der Waals surface area contributed by atoms with Crippen LogP contribution in [-0.4, -0.2) is 14.2 Å². The zero-order valence-corrected chi connectivity index (χ0v) is 6.72. The first-order valence-corrected chi connectivity index (χ1v) is 3.38. The van der Waals surface area contributed by atoms with Gasteiger partial charge >= 0.3 is 0 Å². The summed E-state index contributed by atoms with van der Waals surface area (Å²) in [5, 5.41) is 2.98. The van der Waals surface area contributed by atoms with Crippen molar-refractivity contribution in [2.45, 2.75) is 0 Å². The lowest BCUT2D eigenvalue weighted by atomic mass is 10.2. The van der Waals surface area contributed by atoms with Gasteiger partial charge in [-0.2, -0.15) is 0 Å². The molecule has 0 saturated carbocycles. The van der Waals surface area contributed by atoms with E-state index >= 15 is 0 Å². The Kier molecular flexibility index (Phi) is 2.21. The molecule has 0 aliphatic heterocycles. The summed E-state index contributed by atoms with van der Waals surface area (Å²) in [7, 11) is 3.46. The molecule has 11 heavy (non-hydrogen) atoms. The highest BCUT2D eigenvalue weighted by Gasteiger charge is 1.95. The van der Waals surface area contributed by atoms with Crippen molar-refractivity contribution >= 4 is 11.4 Å². The average molecular weight is 152 g/mol. The molecule has 0 aromatic heterocycles. The number of anilines is 2. The van der Waals surface area contributed by atoms with E-state index in [-0.39, 0.29) is 0 Å². The Morgan fingerprint density at radius 3 is 2.64 bits per heavy atom. The number of hydrogen-bond donors (Lipinski definition) is 2. The normalized spacial score (nSPS) is 9.27. The summed E-state index contributed by atoms with van der Waals surface area (Å²) in [5.74, 6) is 0.773. The maximum atomic E-state index is 5.59. The van der Waals surface area contributed by atoms with Crippen LogP contribution in [0.4, 0.5) is 11.4 Å². The van der Waals surface area contributed by atoms with Crippen LogP contribution in [0.3, 0.4) is 0 Å². The monoisotopic (exact) mass is 152 g/mol. The second kappa shape index (κ2) is 3.14. The molecule has 0 radical (unpaired) electrons. The highest BCUT2D eigenvalue weighted by molar-refractivity contribution is 5.58. The molecule has 0 bridgehead atoms. The maximum absolute atomic E-state index is 5.59. The van der Waals surface area contributed by atoms with E-state index < -0.39 is 0 Å². The van der Waals surface area contributed by atoms with E-state index in [9.17, 15) is 0 Å². The minimum Gasteiger partial charge on any atom is -0.497 e. The largest absolute Gasteiger partial charge is 0.497 e. The molecular weight excluding hydrogens is 140 g/mol. The number of benzene rings is 1. The van der Waals surface area contributed by atoms with E-state index in [4.69, 9.17) is 10.5 Å². The van der Waals surface area contributed by atoms with Crippen LogP contribution in [0.25, 0.3) is 0 Å². The number of nitrogens with one attached hydrogen (secondary N) is 1. The van der Waals surface area contributed by atoms with Crippen LogP contribution in [0.2, 0.25) is 0 Å². The van der Waals surface area contributed by atoms with Crippen LogP contribution in [0.1, 0.15) is 0 Å². The van der Waals surface area contributed by atoms with Gasteiger partial charge in [-0.25, -0.2) is 0 Å². The fourth-order valence-corrected chi connectivity index (χ4v) is 0.884. The Hall–Kier alpha value is -1.38. The molecule has 3 heteroatoms. The van der Waals surface area contributed by atoms with Gasteiger partial charge < -0.3 is 15.8 Å². The molecule has 60 valence electrons. The molecule has 3 nitrogen and oxygen atoms in total. The lowest BCUT2D eigenvalue weighted by Gasteiger charge is -2.05. The minimum absolute atomic E-state index is 0.703. The Bertz CT molecular complexity index is 226. The molecule has 0 saturated heterocycles. The van der Waals surface area contributed by atoms with Crippen molar-refractivity contribution in [2.24, 2.45) is 0 Å². The summed E-state index contributed by atoms with van der Waals surface area (Å²) < 4.78 is 5.02. The summed E-state index contributed by atoms with van der Waals surface area (Å²) in [5.41, 5.74) is 7.25. The number of nitrogens with two attached hydrogens (primary N) is 1. The molecule has 0 unspecified atom stereocenters. The third-order valence-electron chi connectivity index (χ3n) is 1.45. The highest BCUT2D eigenvalue weighted by Crippen LogP contribution is 2.21. The second-order valence-corrected chi connectivity index (χ2v) is 2.24. The van der Waals surface area contributed by atoms with Crippen molar-refractivity contribution in [3.63, 3.8) is 0 Å². The fraction of sp³-hybridized carbons (Fsp3) is 0.250. The molecule has 1 aromatic rings. The van der Waals surface area contributed by atoms with Crippen molar-refractivity contribution in [1.29, 1.82) is 0 Å². The van der Waals surface area contributed by atoms with Crippen molar-refractivity contribution in [2.75, 3.05) is 25.2 Å². The first kappa shape index (κ1) is 7.72. The molecule has 0 atom stereocenters. The van der Waals surface area contributed by atoms with Crippen LogP contribution in [-0.2, 0) is 0 Å². The summed E-state index contributed by atoms with van der Waals surface area (Å²) in [6.07, 6.45) is 0. The summed E-state index contributed by atoms with van der Waals surface area (Å²) in [6, 6.07) is 5.51. The summed E-state index contributed by atoms with van der Waals surface area (Å²) in [4.78, 5) is 0. The van der Waals surface area contributed by atoms with E-state index in [1.807, 2.05) is 19.2 Å². The van der Waals surface area contributed by atoms with Gasteiger partial charge in [0.05, 0.1) is 7.11 Å². The van der Waals surface area contributed by atoms with Crippen molar-refractivity contribution in [3.05, 3.63) is 18.2 Å². The summed E-state index contributed by atoms with van der Waals surface area (Å²) in [6.45, 7) is 0. The molecule has 0 spiro atoms. The molecule has 0 heterocycles. The Balaban J connectivity index is 3.02. The van der Waals surface area contributed by atoms with Crippen molar-refractivity contribution in [1.82, 2.24) is 0 Å². The highest BCUT2D eigenvalue weighted by atomic mass is 16.5. The Labute approximate surface area is 66.2 Å². The predicted molar refractivity (Wildman–Crippen MR) is 47.0 cm³/mol. The number of methoxy groups -OCH3 is 1. The zero-order chi connectivity index (χ0) is 8.27. The van der Waals surface area contributed by atoms with Gasteiger partial charge in [0.2, 0.25) is 0 Å². The van der Waals surface area contributed by atoms with Gasteiger partial charge in [0.15, 0.2) is 0 Å². The van der Waals surface area contributed by atoms with Gasteiger partial charge in [-0.1, -0.05) is 0 Å². The first-order valence-electron chi connectivity index (χ1n) is 3.38. The van der Waals surface area contributed by atoms with Gasteiger partial charge in [0.1, 0.15) is 5.75 Å². The second-order valence-electron chi connectivity index (χ2n) is 2.24. The molecule has 3 N–H and O–H groups in total. The van der Waals surface area contributed by atoms with E-state index in [2.05, 4.69) is 5.32 Å². The number of nitrogen functional groups attached to an aromatic ring is 1. The van der Waals surface area contributed by atoms with Crippen molar-refractivity contribution in [3.8, 4) is 5.75 Å². The first-order chi connectivity index (χ1) is 5.26. The van der Waals surface area contributed by atoms with Crippen LogP contribution < -0.4 is 15.8 Å². The van der Waals surface area contributed by atoms with Gasteiger partial charge in [-0.05, 0) is 6.07 Å². The van der Waals surface area contributed by atoms with E-state index in [0.29, 0.717) is 5.69 Å². The van der Waals surface area contributed by atoms with Crippen LogP contribution in [0.5, 0.6) is 5.75 Å². The molecule has 0 fully saturated rings. The van der Waals surface area contributed by atoms with E-state index in [0.717, 1.165) is 11.4 Å². The van der Waals surface area contributed by atoms with Gasteiger partial charge in [0.25, 0.3) is 0 Å². The Morgan fingerprint density at radius 1 is 1.36 bits per heavy atom. The third kappa shape index (κ3) is 1.77. The van der Waals surface area contributed by atoms with Gasteiger partial charge in [-0.3, -0.25) is 0 Å². The fourth-order valence-electron chi connectivity index (χ4n) is 0.884. The third-order valence-corrected chi connectivity index (χ3v) is 1.45.